The van der Waals surface area contributed by atoms with Crippen molar-refractivity contribution in [3.05, 3.63) is 226 Å². The maximum atomic E-state index is 13.4. The number of aliphatic hydroxyl groups is 2. The molecule has 4 atom stereocenters. The summed E-state index contributed by atoms with van der Waals surface area (Å²) in [7, 11) is 0. The van der Waals surface area contributed by atoms with Gasteiger partial charge in [0.25, 0.3) is 0 Å². The highest BCUT2D eigenvalue weighted by atomic mass is 16.6. The highest BCUT2D eigenvalue weighted by Gasteiger charge is 2.58. The van der Waals surface area contributed by atoms with Crippen LogP contribution in [0.15, 0.2) is 182 Å². The quantitative estimate of drug-likeness (QED) is 0.0664. The first-order valence-electron chi connectivity index (χ1n) is 30.9. The first-order valence-corrected chi connectivity index (χ1v) is 30.9. The highest BCUT2D eigenvalue weighted by molar-refractivity contribution is 6.02. The number of nitrogens with zero attached hydrogens (tertiary/aromatic N) is 2. The van der Waals surface area contributed by atoms with Crippen LogP contribution in [0.5, 0.6) is 11.5 Å². The van der Waals surface area contributed by atoms with Gasteiger partial charge in [-0.2, -0.15) is 0 Å². The Labute approximate surface area is 506 Å². The summed E-state index contributed by atoms with van der Waals surface area (Å²) in [6.45, 7) is 5.20. The maximum absolute atomic E-state index is 13.4. The minimum atomic E-state index is -1.78. The normalized spacial score (nSPS) is 22.2. The fourth-order valence-corrected chi connectivity index (χ4v) is 16.3. The number of fused-ring (bicyclic) bond motifs is 2. The lowest BCUT2D eigenvalue weighted by Gasteiger charge is -2.47. The molecule has 6 fully saturated rings. The predicted molar refractivity (Wildman–Crippen MR) is 326 cm³/mol. The van der Waals surface area contributed by atoms with Crippen LogP contribution in [0.2, 0.25) is 0 Å². The monoisotopic (exact) mass is 1170 g/mol. The van der Waals surface area contributed by atoms with E-state index in [0.29, 0.717) is 68.0 Å². The van der Waals surface area contributed by atoms with Gasteiger partial charge in [-0.05, 0) is 73.5 Å². The Bertz CT molecular complexity index is 3450. The molecule has 0 aliphatic carbocycles. The first-order chi connectivity index (χ1) is 42.1. The Morgan fingerprint density at radius 3 is 0.989 bits per heavy atom. The van der Waals surface area contributed by atoms with Gasteiger partial charge >= 0.3 is 23.9 Å². The second kappa shape index (κ2) is 24.4. The van der Waals surface area contributed by atoms with Gasteiger partial charge in [-0.1, -0.05) is 181 Å². The van der Waals surface area contributed by atoms with Gasteiger partial charge in [0.2, 0.25) is 11.2 Å². The van der Waals surface area contributed by atoms with Gasteiger partial charge in [-0.15, -0.1) is 0 Å². The summed E-state index contributed by atoms with van der Waals surface area (Å²) in [4.78, 5) is 49.9. The molecule has 8 aromatic carbocycles. The molecule has 87 heavy (non-hydrogen) atoms. The van der Waals surface area contributed by atoms with Gasteiger partial charge in [0.05, 0.1) is 61.5 Å². The van der Waals surface area contributed by atoms with Crippen molar-refractivity contribution in [3.8, 4) is 11.5 Å². The largest absolute Gasteiger partial charge is 0.872 e. The van der Waals surface area contributed by atoms with Crippen LogP contribution in [0.3, 0.4) is 0 Å². The van der Waals surface area contributed by atoms with E-state index >= 15 is 0 Å². The summed E-state index contributed by atoms with van der Waals surface area (Å²) >= 11 is 0. The van der Waals surface area contributed by atoms with E-state index in [1.807, 2.05) is 72.8 Å². The zero-order valence-corrected chi connectivity index (χ0v) is 48.8. The van der Waals surface area contributed by atoms with Crippen LogP contribution >= 0.6 is 0 Å². The summed E-state index contributed by atoms with van der Waals surface area (Å²) in [6, 6.07) is 55.4. The van der Waals surface area contributed by atoms with Gasteiger partial charge in [0, 0.05) is 77.0 Å². The molecule has 8 aromatic rings. The van der Waals surface area contributed by atoms with E-state index in [9.17, 15) is 49.8 Å². The van der Waals surface area contributed by atoms with E-state index in [1.54, 1.807) is 97.1 Å². The van der Waals surface area contributed by atoms with Crippen LogP contribution < -0.4 is 10.2 Å². The minimum Gasteiger partial charge on any atom is -0.872 e. The molecule has 4 bridgehead atoms. The Morgan fingerprint density at radius 2 is 0.701 bits per heavy atom. The van der Waals surface area contributed by atoms with E-state index in [0.717, 1.165) is 25.7 Å². The van der Waals surface area contributed by atoms with Crippen molar-refractivity contribution in [3.63, 3.8) is 0 Å². The Hall–Kier alpha value is -8.40. The summed E-state index contributed by atoms with van der Waals surface area (Å²) < 4.78 is 14.6. The van der Waals surface area contributed by atoms with Gasteiger partial charge in [-0.3, -0.25) is 0 Å². The average molecular weight is 1170 g/mol. The Balaban J connectivity index is 0.000000127. The minimum absolute atomic E-state index is 0.0942. The molecule has 6 aliphatic rings. The molecule has 14 rings (SSSR count). The topological polar surface area (TPSA) is 214 Å². The number of benzene rings is 8. The molecular weight excluding hydrogens is 1100 g/mol. The van der Waals surface area contributed by atoms with Crippen molar-refractivity contribution < 1.29 is 68.3 Å². The van der Waals surface area contributed by atoms with E-state index in [1.165, 1.54) is 98.6 Å². The lowest BCUT2D eigenvalue weighted by molar-refractivity contribution is -0.956. The number of quaternary nitrogens is 2. The number of hydrogen-bond acceptors (Lipinski definition) is 10. The van der Waals surface area contributed by atoms with Gasteiger partial charge in [0.1, 0.15) is 12.2 Å². The van der Waals surface area contributed by atoms with E-state index < -0.39 is 46.6 Å². The van der Waals surface area contributed by atoms with Crippen molar-refractivity contribution in [1.29, 1.82) is 0 Å². The lowest BCUT2D eigenvalue weighted by Crippen LogP contribution is -2.60. The zero-order chi connectivity index (χ0) is 60.5. The Kier molecular flexibility index (Phi) is 16.5. The number of esters is 2. The van der Waals surface area contributed by atoms with E-state index in [-0.39, 0.29) is 40.9 Å². The molecule has 0 radical (unpaired) electrons. The third-order valence-electron chi connectivity index (χ3n) is 20.4. The third-order valence-corrected chi connectivity index (χ3v) is 20.4. The standard InChI is InChI=1S/2C25H30NO3.C23H16O6/c2*27-24(25(28,19-9-3-1-4-10-19)20-11-5-2-6-12-20)29-23-17-21-13-14-22(18-23)26(21)15-7-8-16-26;24-20-16(14-7-3-1-5-12(14)9-18(20)22(26)27)11-17-15-8-4-2-6-13(15)10-19(21(17)25)23(28)29/h2*1-6,9-12,21-23,28H,7-8,13-18H2;1-10,24-25H,11H2,(H,26,27)(H,28,29)/q2*+1;/p-2. The van der Waals surface area contributed by atoms with Gasteiger partial charge < -0.3 is 49.1 Å². The number of carboxylic acid groups (broad SMARTS) is 2. The van der Waals surface area contributed by atoms with Crippen molar-refractivity contribution in [2.45, 2.75) is 131 Å². The molecular formula is C73H74N2O12. The van der Waals surface area contributed by atoms with E-state index in [4.69, 9.17) is 9.47 Å². The summed E-state index contributed by atoms with van der Waals surface area (Å²) in [5.74, 6) is -5.16. The van der Waals surface area contributed by atoms with Crippen molar-refractivity contribution in [1.82, 2.24) is 0 Å². The smallest absolute Gasteiger partial charge is 0.347 e. The molecule has 0 aromatic heterocycles. The number of ether oxygens (including phenoxy) is 2. The number of rotatable bonds is 12. The van der Waals surface area contributed by atoms with E-state index in [2.05, 4.69) is 0 Å². The molecule has 4 unspecified atom stereocenters. The van der Waals surface area contributed by atoms with Crippen LogP contribution in [0, 0.1) is 0 Å². The van der Waals surface area contributed by atoms with Crippen LogP contribution in [0.1, 0.15) is 131 Å². The summed E-state index contributed by atoms with van der Waals surface area (Å²) in [5.41, 5.74) is -1.80. The molecule has 6 saturated heterocycles. The average Bonchev–Trinajstić information content (AvgIpc) is 1.84. The molecule has 2 spiro atoms. The SMILES string of the molecule is O=C(O)c1cc2ccccc2c(Cc2c([O-])c(C(=O)O)cc3ccccc23)c1[O-].O=C(OC1CC2CCC(C1)[N+]21CCCC1)C(O)(c1ccccc1)c1ccccc1.O=C(OC1CC2CCC(C1)[N+]21CCCC1)C(O)(c1ccccc1)c1ccccc1. The molecule has 6 aliphatic heterocycles. The lowest BCUT2D eigenvalue weighted by atomic mass is 9.86. The third kappa shape index (κ3) is 10.9. The van der Waals surface area contributed by atoms with Crippen LogP contribution in [-0.4, -0.2) is 116 Å². The summed E-state index contributed by atoms with van der Waals surface area (Å²) in [6.07, 6.45) is 13.7. The fourth-order valence-electron chi connectivity index (χ4n) is 16.3. The molecule has 0 saturated carbocycles. The first kappa shape index (κ1) is 59.0. The number of carbonyl (C=O) groups is 4. The van der Waals surface area contributed by atoms with Crippen molar-refractivity contribution in [2.24, 2.45) is 0 Å². The highest BCUT2D eigenvalue weighted by Crippen LogP contribution is 2.49. The Morgan fingerprint density at radius 1 is 0.425 bits per heavy atom. The number of piperidine rings is 2. The predicted octanol–water partition coefficient (Wildman–Crippen LogP) is 10.7. The number of hydrogen-bond donors (Lipinski definition) is 4. The van der Waals surface area contributed by atoms with Crippen molar-refractivity contribution in [2.75, 3.05) is 26.2 Å². The fraction of sp³-hybridized carbons (Fsp3) is 0.342. The molecule has 448 valence electrons. The molecule has 6 heterocycles. The second-order valence-corrected chi connectivity index (χ2v) is 24.9. The van der Waals surface area contributed by atoms with Crippen LogP contribution in [-0.2, 0) is 36.7 Å². The van der Waals surface area contributed by atoms with Gasteiger partial charge in [0.15, 0.2) is 0 Å². The number of aromatic carboxylic acids is 2. The molecule has 14 nitrogen and oxygen atoms in total. The summed E-state index contributed by atoms with van der Waals surface area (Å²) in [5, 5.41) is 70.1. The van der Waals surface area contributed by atoms with Crippen LogP contribution in [0.4, 0.5) is 0 Å². The molecule has 0 amide bonds. The molecule has 14 heteroatoms. The maximum Gasteiger partial charge on any atom is 0.347 e. The van der Waals surface area contributed by atoms with Crippen LogP contribution in [0.25, 0.3) is 21.5 Å². The zero-order valence-electron chi connectivity index (χ0n) is 48.8. The second-order valence-electron chi connectivity index (χ2n) is 24.9. The van der Waals surface area contributed by atoms with Gasteiger partial charge in [-0.25, -0.2) is 19.2 Å². The number of carbonyl (C=O) groups excluding carboxylic acids is 2. The number of carboxylic acids is 2. The molecule has 4 N–H and O–H groups in total. The van der Waals surface area contributed by atoms with Crippen molar-refractivity contribution >= 4 is 45.4 Å².